The molecule has 0 N–H and O–H groups in total. The number of ether oxygens (including phenoxy) is 6. The highest BCUT2D eigenvalue weighted by atomic mass is 32.2. The number of pyridine rings is 2. The van der Waals surface area contributed by atoms with Crippen molar-refractivity contribution >= 4 is 19.7 Å². The lowest BCUT2D eigenvalue weighted by Gasteiger charge is -2.22. The lowest BCUT2D eigenvalue weighted by atomic mass is 10.2. The van der Waals surface area contributed by atoms with Gasteiger partial charge in [-0.15, -0.1) is 20.4 Å². The number of aromatic nitrogens is 12. The number of nitrogens with zero attached hydrogens (tertiary/aromatic N) is 12. The zero-order valence-electron chi connectivity index (χ0n) is 44.2. The molecule has 0 saturated carbocycles. The van der Waals surface area contributed by atoms with Gasteiger partial charge in [0.2, 0.25) is 0 Å². The third-order valence-electron chi connectivity index (χ3n) is 12.2. The number of para-hydroxylation sites is 2. The Morgan fingerprint density at radius 1 is 0.461 bits per heavy atom. The first-order valence-electron chi connectivity index (χ1n) is 23.6. The molecule has 0 spiro atoms. The number of benzene rings is 2. The Balaban J connectivity index is 0.000000221. The minimum Gasteiger partial charge on any atom is -0.494 e. The van der Waals surface area contributed by atoms with Crippen molar-refractivity contribution in [2.45, 2.75) is 75.8 Å². The molecule has 0 aliphatic rings. The van der Waals surface area contributed by atoms with Crippen molar-refractivity contribution in [1.82, 2.24) is 59.4 Å². The molecule has 6 aromatic heterocycles. The van der Waals surface area contributed by atoms with Gasteiger partial charge in [-0.3, -0.25) is 19.1 Å². The molecule has 0 aliphatic carbocycles. The van der Waals surface area contributed by atoms with Crippen LogP contribution in [0.15, 0.2) is 98.1 Å². The molecule has 8 aromatic rings. The second-order valence-corrected chi connectivity index (χ2v) is 22.4. The van der Waals surface area contributed by atoms with E-state index in [1.807, 2.05) is 39.8 Å². The van der Waals surface area contributed by atoms with Crippen molar-refractivity contribution in [2.75, 3.05) is 42.7 Å². The van der Waals surface area contributed by atoms with Crippen molar-refractivity contribution in [3.8, 4) is 57.1 Å². The van der Waals surface area contributed by atoms with Gasteiger partial charge in [-0.2, -0.15) is 0 Å². The van der Waals surface area contributed by atoms with Crippen molar-refractivity contribution in [1.29, 1.82) is 0 Å². The Bertz CT molecular complexity index is 3230. The number of sulfone groups is 2. The fourth-order valence-corrected chi connectivity index (χ4v) is 11.1. The van der Waals surface area contributed by atoms with Crippen LogP contribution in [-0.2, 0) is 40.7 Å². The number of methoxy groups -OCH3 is 6. The SMILES string of the molecule is COc1cccc(OC)c1-n1c(CS(=O)(=O)[C@@H](C)[C@@H](OC)c2ncc(C)cn2)nnc1-c1cncc(C)c1.COc1cccc(OC)c1-n1c(CS(=O)(=O)[C@H](C)[C@H](OC)c2ncc(C)cn2)nnc1-c1cncc(C)c1. The molecule has 0 radical (unpaired) electrons. The predicted molar refractivity (Wildman–Crippen MR) is 282 cm³/mol. The van der Waals surface area contributed by atoms with E-state index in [0.717, 1.165) is 22.3 Å². The average molecular weight is 1080 g/mol. The van der Waals surface area contributed by atoms with Crippen molar-refractivity contribution in [3.05, 3.63) is 144 Å². The van der Waals surface area contributed by atoms with Crippen LogP contribution in [0.1, 0.15) is 71.6 Å². The van der Waals surface area contributed by atoms with Gasteiger partial charge in [0.25, 0.3) is 0 Å². The first-order valence-corrected chi connectivity index (χ1v) is 27.0. The zero-order valence-corrected chi connectivity index (χ0v) is 45.9. The van der Waals surface area contributed by atoms with Crippen LogP contribution in [0.2, 0.25) is 0 Å². The number of hydrogen-bond donors (Lipinski definition) is 0. The van der Waals surface area contributed by atoms with Gasteiger partial charge in [-0.05, 0) is 100 Å². The maximum absolute atomic E-state index is 13.7. The van der Waals surface area contributed by atoms with E-state index in [9.17, 15) is 16.8 Å². The van der Waals surface area contributed by atoms with E-state index >= 15 is 0 Å². The van der Waals surface area contributed by atoms with E-state index in [1.165, 1.54) is 42.7 Å². The molecule has 0 aliphatic heterocycles. The van der Waals surface area contributed by atoms with Gasteiger partial charge in [-0.25, -0.2) is 36.8 Å². The summed E-state index contributed by atoms with van der Waals surface area (Å²) in [7, 11) is 1.27. The highest BCUT2D eigenvalue weighted by Crippen LogP contribution is 2.39. The first kappa shape index (κ1) is 55.9. The highest BCUT2D eigenvalue weighted by Gasteiger charge is 2.37. The van der Waals surface area contributed by atoms with E-state index in [4.69, 9.17) is 28.4 Å². The summed E-state index contributed by atoms with van der Waals surface area (Å²) < 4.78 is 91.8. The lowest BCUT2D eigenvalue weighted by molar-refractivity contribution is 0.0947. The fraction of sp³-hybridized carbons (Fsp3) is 0.346. The monoisotopic (exact) mass is 1080 g/mol. The topological polar surface area (TPSA) is 262 Å². The van der Waals surface area contributed by atoms with E-state index in [2.05, 4.69) is 50.3 Å². The second kappa shape index (κ2) is 24.3. The van der Waals surface area contributed by atoms with Crippen LogP contribution < -0.4 is 18.9 Å². The van der Waals surface area contributed by atoms with E-state index < -0.39 is 53.9 Å². The van der Waals surface area contributed by atoms with Gasteiger partial charge in [-0.1, -0.05) is 12.1 Å². The summed E-state index contributed by atoms with van der Waals surface area (Å²) in [5, 5.41) is 15.4. The van der Waals surface area contributed by atoms with Crippen LogP contribution in [0, 0.1) is 27.7 Å². The Morgan fingerprint density at radius 3 is 1.08 bits per heavy atom. The Labute approximate surface area is 441 Å². The number of aryl methyl sites for hydroxylation is 4. The summed E-state index contributed by atoms with van der Waals surface area (Å²) in [6.07, 6.45) is 11.5. The standard InChI is InChI=1S/2C26H30N6O5S/c2*1-16-10-19(14-27-11-16)26-31-30-22(32(26)23-20(35-4)8-7-9-21(23)36-5)15-38(33,34)18(3)24(37-6)25-28-12-17(2)13-29-25/h2*7-14,18,24H,15H2,1-6H3/t2*18-,24+/m10/s1. The summed E-state index contributed by atoms with van der Waals surface area (Å²) in [5.41, 5.74) is 5.80. The van der Waals surface area contributed by atoms with Crippen molar-refractivity contribution in [3.63, 3.8) is 0 Å². The molecule has 0 fully saturated rings. The number of rotatable bonds is 20. The smallest absolute Gasteiger partial charge is 0.170 e. The highest BCUT2D eigenvalue weighted by molar-refractivity contribution is 7.91. The van der Waals surface area contributed by atoms with Gasteiger partial charge in [0, 0.05) is 74.9 Å². The van der Waals surface area contributed by atoms with Crippen LogP contribution in [0.25, 0.3) is 34.2 Å². The molecule has 6 heterocycles. The normalized spacial score (nSPS) is 13.2. The molecule has 8 rings (SSSR count). The summed E-state index contributed by atoms with van der Waals surface area (Å²) in [5.74, 6) is 2.68. The molecular formula is C52H60N12O10S2. The Hall–Kier alpha value is -7.80. The molecule has 76 heavy (non-hydrogen) atoms. The molecule has 24 heteroatoms. The average Bonchev–Trinajstić information content (AvgIpc) is 4.04. The summed E-state index contributed by atoms with van der Waals surface area (Å²) in [6, 6.07) is 14.4. The van der Waals surface area contributed by atoms with Crippen LogP contribution in [0.3, 0.4) is 0 Å². The fourth-order valence-electron chi connectivity index (χ4n) is 8.23. The second-order valence-electron chi connectivity index (χ2n) is 17.6. The van der Waals surface area contributed by atoms with Crippen LogP contribution in [0.5, 0.6) is 23.0 Å². The summed E-state index contributed by atoms with van der Waals surface area (Å²) in [6.45, 7) is 10.7. The molecule has 0 bridgehead atoms. The Morgan fingerprint density at radius 2 is 0.789 bits per heavy atom. The number of hydrogen-bond acceptors (Lipinski definition) is 20. The first-order chi connectivity index (χ1) is 36.4. The maximum Gasteiger partial charge on any atom is 0.170 e. The van der Waals surface area contributed by atoms with Gasteiger partial charge < -0.3 is 28.4 Å². The van der Waals surface area contributed by atoms with Gasteiger partial charge in [0.05, 0.1) is 38.9 Å². The van der Waals surface area contributed by atoms with Crippen molar-refractivity contribution < 1.29 is 45.3 Å². The predicted octanol–water partition coefficient (Wildman–Crippen LogP) is 6.89. The van der Waals surface area contributed by atoms with E-state index in [0.29, 0.717) is 57.1 Å². The van der Waals surface area contributed by atoms with Gasteiger partial charge in [0.15, 0.2) is 54.6 Å². The van der Waals surface area contributed by atoms with Crippen LogP contribution in [0.4, 0.5) is 0 Å². The Kier molecular flexibility index (Phi) is 17.8. The third-order valence-corrected chi connectivity index (χ3v) is 16.3. The molecule has 400 valence electrons. The van der Waals surface area contributed by atoms with Crippen molar-refractivity contribution in [2.24, 2.45) is 0 Å². The van der Waals surface area contributed by atoms with Crippen LogP contribution >= 0.6 is 0 Å². The van der Waals surface area contributed by atoms with Gasteiger partial charge in [0.1, 0.15) is 58.1 Å². The third kappa shape index (κ3) is 12.1. The molecular weight excluding hydrogens is 1020 g/mol. The summed E-state index contributed by atoms with van der Waals surface area (Å²) >= 11 is 0. The quantitative estimate of drug-likeness (QED) is 0.0752. The molecule has 4 atom stereocenters. The zero-order chi connectivity index (χ0) is 54.9. The maximum atomic E-state index is 13.7. The molecule has 22 nitrogen and oxygen atoms in total. The minimum absolute atomic E-state index is 0.177. The lowest BCUT2D eigenvalue weighted by Crippen LogP contribution is -2.30. The molecule has 0 unspecified atom stereocenters. The largest absolute Gasteiger partial charge is 0.494 e. The minimum atomic E-state index is -3.86. The van der Waals surface area contributed by atoms with Gasteiger partial charge >= 0.3 is 0 Å². The van der Waals surface area contributed by atoms with E-state index in [1.54, 1.807) is 109 Å². The van der Waals surface area contributed by atoms with E-state index in [-0.39, 0.29) is 23.3 Å². The van der Waals surface area contributed by atoms with Crippen LogP contribution in [-0.4, -0.2) is 129 Å². The molecule has 0 saturated heterocycles. The molecule has 0 amide bonds. The summed E-state index contributed by atoms with van der Waals surface area (Å²) in [4.78, 5) is 25.7. The molecule has 2 aromatic carbocycles.